The Kier molecular flexibility index (Phi) is 8.96. The van der Waals surface area contributed by atoms with Gasteiger partial charge in [0.2, 0.25) is 15.9 Å². The normalized spacial score (nSPS) is 16.4. The maximum atomic E-state index is 13.8. The monoisotopic (exact) mass is 554 g/mol. The van der Waals surface area contributed by atoms with E-state index in [0.29, 0.717) is 19.7 Å². The van der Waals surface area contributed by atoms with E-state index in [1.807, 2.05) is 51.7 Å². The Morgan fingerprint density at radius 1 is 1.11 bits per heavy atom. The molecule has 2 heterocycles. The van der Waals surface area contributed by atoms with Crippen molar-refractivity contribution in [2.45, 2.75) is 58.4 Å². The maximum Gasteiger partial charge on any atom is 0.243 e. The molecule has 1 aliphatic heterocycles. The predicted octanol–water partition coefficient (Wildman–Crippen LogP) is 5.92. The van der Waals surface area contributed by atoms with Crippen molar-refractivity contribution in [2.24, 2.45) is 5.92 Å². The molecular formula is C30H38N2O4S2. The van der Waals surface area contributed by atoms with E-state index in [1.54, 1.807) is 35.6 Å². The fourth-order valence-electron chi connectivity index (χ4n) is 4.83. The van der Waals surface area contributed by atoms with Gasteiger partial charge in [0.25, 0.3) is 0 Å². The number of carbonyl (C=O) groups excluding carboxylic acids is 1. The number of rotatable bonds is 10. The lowest BCUT2D eigenvalue weighted by molar-refractivity contribution is -0.135. The zero-order valence-corrected chi connectivity index (χ0v) is 24.6. The second-order valence-electron chi connectivity index (χ2n) is 10.4. The number of aryl methyl sites for hydroxylation is 3. The zero-order chi connectivity index (χ0) is 27.4. The first kappa shape index (κ1) is 28.3. The van der Waals surface area contributed by atoms with Crippen LogP contribution >= 0.6 is 11.3 Å². The lowest BCUT2D eigenvalue weighted by Crippen LogP contribution is -2.48. The van der Waals surface area contributed by atoms with Crippen LogP contribution in [0.25, 0.3) is 0 Å². The lowest BCUT2D eigenvalue weighted by Gasteiger charge is -2.37. The standard InChI is InChI=1S/C30H38N2O4S2/c1-6-21(2)18-31(38(34,35)25-10-7-22(3)8-11-25)19-30(33)32-15-13-29-26(14-16-37-29)27(32)20-36-28-12-9-23(4)17-24(28)5/h7-12,14,16-17,21,27H,6,13,15,18-20H2,1-5H3. The number of hydrogen-bond donors (Lipinski definition) is 0. The van der Waals surface area contributed by atoms with E-state index in [1.165, 1.54) is 14.7 Å². The van der Waals surface area contributed by atoms with Gasteiger partial charge in [0.05, 0.1) is 17.5 Å². The third-order valence-corrected chi connectivity index (χ3v) is 10.1. The average molecular weight is 555 g/mol. The highest BCUT2D eigenvalue weighted by molar-refractivity contribution is 7.89. The minimum absolute atomic E-state index is 0.122. The molecule has 6 nitrogen and oxygen atoms in total. The van der Waals surface area contributed by atoms with Crippen molar-refractivity contribution in [1.82, 2.24) is 9.21 Å². The fraction of sp³-hybridized carbons (Fsp3) is 0.433. The molecule has 3 aromatic rings. The summed E-state index contributed by atoms with van der Waals surface area (Å²) in [4.78, 5) is 17.1. The number of carbonyl (C=O) groups is 1. The summed E-state index contributed by atoms with van der Waals surface area (Å²) in [6, 6.07) is 14.7. The van der Waals surface area contributed by atoms with Gasteiger partial charge in [0.15, 0.2) is 0 Å². The molecule has 1 amide bonds. The molecule has 204 valence electrons. The molecule has 1 aliphatic rings. The van der Waals surface area contributed by atoms with Gasteiger partial charge in [-0.3, -0.25) is 4.79 Å². The maximum absolute atomic E-state index is 13.8. The molecular weight excluding hydrogens is 516 g/mol. The Morgan fingerprint density at radius 3 is 2.50 bits per heavy atom. The minimum Gasteiger partial charge on any atom is -0.491 e. The Balaban J connectivity index is 1.59. The van der Waals surface area contributed by atoms with E-state index < -0.39 is 10.0 Å². The van der Waals surface area contributed by atoms with Gasteiger partial charge in [0, 0.05) is 18.0 Å². The third-order valence-electron chi connectivity index (χ3n) is 7.32. The van der Waals surface area contributed by atoms with Gasteiger partial charge in [-0.05, 0) is 73.9 Å². The Morgan fingerprint density at radius 2 is 1.82 bits per heavy atom. The van der Waals surface area contributed by atoms with Crippen LogP contribution in [0.2, 0.25) is 0 Å². The van der Waals surface area contributed by atoms with E-state index in [4.69, 9.17) is 4.74 Å². The van der Waals surface area contributed by atoms with Gasteiger partial charge in [-0.1, -0.05) is 55.7 Å². The molecule has 2 unspecified atom stereocenters. The van der Waals surface area contributed by atoms with E-state index >= 15 is 0 Å². The molecule has 4 rings (SSSR count). The SMILES string of the molecule is CCC(C)CN(CC(=O)N1CCc2sccc2C1COc1ccc(C)cc1C)S(=O)(=O)c1ccc(C)cc1. The lowest BCUT2D eigenvalue weighted by atomic mass is 10.0. The molecule has 38 heavy (non-hydrogen) atoms. The van der Waals surface area contributed by atoms with Crippen LogP contribution in [0.3, 0.4) is 0 Å². The Labute approximate surface area is 231 Å². The number of thiophene rings is 1. The summed E-state index contributed by atoms with van der Waals surface area (Å²) < 4.78 is 34.9. The Hall–Kier alpha value is -2.68. The van der Waals surface area contributed by atoms with Gasteiger partial charge < -0.3 is 9.64 Å². The highest BCUT2D eigenvalue weighted by Gasteiger charge is 2.35. The summed E-state index contributed by atoms with van der Waals surface area (Å²) in [7, 11) is -3.83. The number of sulfonamides is 1. The minimum atomic E-state index is -3.83. The van der Waals surface area contributed by atoms with Crippen molar-refractivity contribution < 1.29 is 17.9 Å². The molecule has 1 aromatic heterocycles. The molecule has 0 aliphatic carbocycles. The van der Waals surface area contributed by atoms with Gasteiger partial charge in [0.1, 0.15) is 12.4 Å². The Bertz CT molecular complexity index is 1370. The molecule has 0 saturated heterocycles. The van der Waals surface area contributed by atoms with Crippen molar-refractivity contribution in [3.63, 3.8) is 0 Å². The van der Waals surface area contributed by atoms with Crippen molar-refractivity contribution in [1.29, 1.82) is 0 Å². The first-order valence-corrected chi connectivity index (χ1v) is 15.5. The summed E-state index contributed by atoms with van der Waals surface area (Å²) in [5.41, 5.74) is 4.29. The molecule has 2 atom stereocenters. The van der Waals surface area contributed by atoms with Crippen LogP contribution in [0, 0.1) is 26.7 Å². The van der Waals surface area contributed by atoms with Crippen molar-refractivity contribution in [3.8, 4) is 5.75 Å². The highest BCUT2D eigenvalue weighted by atomic mass is 32.2. The summed E-state index contributed by atoms with van der Waals surface area (Å²) >= 11 is 1.70. The molecule has 0 N–H and O–H groups in total. The number of amides is 1. The molecule has 0 bridgehead atoms. The van der Waals surface area contributed by atoms with Crippen LogP contribution in [0.5, 0.6) is 5.75 Å². The molecule has 0 fully saturated rings. The second-order valence-corrected chi connectivity index (χ2v) is 13.3. The highest BCUT2D eigenvalue weighted by Crippen LogP contribution is 2.34. The third kappa shape index (κ3) is 6.30. The first-order valence-electron chi connectivity index (χ1n) is 13.2. The summed E-state index contributed by atoms with van der Waals surface area (Å²) in [5.74, 6) is 0.720. The molecule has 0 saturated carbocycles. The van der Waals surface area contributed by atoms with E-state index in [9.17, 15) is 13.2 Å². The number of nitrogens with zero attached hydrogens (tertiary/aromatic N) is 2. The van der Waals surface area contributed by atoms with Crippen LogP contribution in [-0.4, -0.2) is 49.8 Å². The van der Waals surface area contributed by atoms with Crippen LogP contribution in [0.4, 0.5) is 0 Å². The summed E-state index contributed by atoms with van der Waals surface area (Å²) in [5, 5.41) is 2.06. The zero-order valence-electron chi connectivity index (χ0n) is 22.9. The molecule has 8 heteroatoms. The first-order chi connectivity index (χ1) is 18.1. The average Bonchev–Trinajstić information content (AvgIpc) is 3.37. The number of ether oxygens (including phenoxy) is 1. The van der Waals surface area contributed by atoms with E-state index in [0.717, 1.165) is 35.3 Å². The molecule has 2 aromatic carbocycles. The van der Waals surface area contributed by atoms with Crippen LogP contribution < -0.4 is 4.74 Å². The molecule has 0 radical (unpaired) electrons. The number of benzene rings is 2. The van der Waals surface area contributed by atoms with E-state index in [-0.39, 0.29) is 29.3 Å². The summed E-state index contributed by atoms with van der Waals surface area (Å²) in [6.45, 7) is 11.0. The number of hydrogen-bond acceptors (Lipinski definition) is 5. The van der Waals surface area contributed by atoms with Gasteiger partial charge in [-0.25, -0.2) is 8.42 Å². The van der Waals surface area contributed by atoms with Crippen LogP contribution in [0.15, 0.2) is 58.8 Å². The fourth-order valence-corrected chi connectivity index (χ4v) is 7.27. The van der Waals surface area contributed by atoms with Crippen molar-refractivity contribution in [3.05, 3.63) is 81.0 Å². The molecule has 0 spiro atoms. The topological polar surface area (TPSA) is 66.9 Å². The van der Waals surface area contributed by atoms with Gasteiger partial charge in [-0.2, -0.15) is 4.31 Å². The van der Waals surface area contributed by atoms with Crippen LogP contribution in [-0.2, 0) is 21.2 Å². The van der Waals surface area contributed by atoms with Gasteiger partial charge in [-0.15, -0.1) is 11.3 Å². The van der Waals surface area contributed by atoms with E-state index in [2.05, 4.69) is 17.5 Å². The smallest absolute Gasteiger partial charge is 0.243 e. The summed E-state index contributed by atoms with van der Waals surface area (Å²) in [6.07, 6.45) is 1.58. The van der Waals surface area contributed by atoms with Crippen molar-refractivity contribution >= 4 is 27.3 Å². The second kappa shape index (κ2) is 12.0. The largest absolute Gasteiger partial charge is 0.491 e. The predicted molar refractivity (Wildman–Crippen MR) is 153 cm³/mol. The van der Waals surface area contributed by atoms with Crippen molar-refractivity contribution in [2.75, 3.05) is 26.2 Å². The number of fused-ring (bicyclic) bond motifs is 1. The van der Waals surface area contributed by atoms with Crippen LogP contribution in [0.1, 0.15) is 53.4 Å². The van der Waals surface area contributed by atoms with Gasteiger partial charge >= 0.3 is 0 Å². The quantitative estimate of drug-likeness (QED) is 0.312.